The number of anilines is 2. The highest BCUT2D eigenvalue weighted by Gasteiger charge is 2.17. The van der Waals surface area contributed by atoms with Crippen LogP contribution in [0.2, 0.25) is 0 Å². The molecule has 0 amide bonds. The molecule has 0 saturated carbocycles. The Balaban J connectivity index is 1.91. The summed E-state index contributed by atoms with van der Waals surface area (Å²) in [5.74, 6) is 2.58. The van der Waals surface area contributed by atoms with E-state index in [1.54, 1.807) is 0 Å². The van der Waals surface area contributed by atoms with Gasteiger partial charge in [-0.3, -0.25) is 0 Å². The SMILES string of the molecule is CCCCNc1nc(N2CCCCC2)cc(C)c1N=Nc1nsc(C)c1C. The second-order valence-corrected chi connectivity index (χ2v) is 8.19. The quantitative estimate of drug-likeness (QED) is 0.462. The standard InChI is InChI=1S/C20H30N6S/c1-5-6-10-21-20-18(23-24-19-15(3)16(4)27-25-19)14(2)13-17(22-20)26-11-8-7-9-12-26/h13H,5-12H2,1-4H3,(H,21,22). The summed E-state index contributed by atoms with van der Waals surface area (Å²) in [4.78, 5) is 8.48. The molecule has 1 fully saturated rings. The van der Waals surface area contributed by atoms with Crippen molar-refractivity contribution >= 4 is 34.7 Å². The summed E-state index contributed by atoms with van der Waals surface area (Å²) < 4.78 is 4.39. The van der Waals surface area contributed by atoms with E-state index in [1.807, 2.05) is 6.92 Å². The summed E-state index contributed by atoms with van der Waals surface area (Å²) in [6, 6.07) is 2.14. The van der Waals surface area contributed by atoms with Crippen LogP contribution in [0.3, 0.4) is 0 Å². The maximum absolute atomic E-state index is 4.91. The molecule has 0 radical (unpaired) electrons. The van der Waals surface area contributed by atoms with Gasteiger partial charge in [0.05, 0.1) is 0 Å². The monoisotopic (exact) mass is 386 g/mol. The van der Waals surface area contributed by atoms with E-state index in [4.69, 9.17) is 4.98 Å². The summed E-state index contributed by atoms with van der Waals surface area (Å²) in [7, 11) is 0. The van der Waals surface area contributed by atoms with Crippen molar-refractivity contribution in [2.75, 3.05) is 29.9 Å². The number of nitrogens with zero attached hydrogens (tertiary/aromatic N) is 5. The molecular weight excluding hydrogens is 356 g/mol. The molecule has 1 aliphatic rings. The Hall–Kier alpha value is -2.02. The Bertz CT molecular complexity index is 792. The molecule has 2 aromatic rings. The lowest BCUT2D eigenvalue weighted by atomic mass is 10.1. The van der Waals surface area contributed by atoms with Crippen LogP contribution in [0.25, 0.3) is 0 Å². The van der Waals surface area contributed by atoms with Crippen molar-refractivity contribution in [1.82, 2.24) is 9.36 Å². The molecule has 0 aromatic carbocycles. The van der Waals surface area contributed by atoms with Crippen molar-refractivity contribution in [2.24, 2.45) is 10.2 Å². The van der Waals surface area contributed by atoms with E-state index in [1.165, 1.54) is 35.7 Å². The van der Waals surface area contributed by atoms with Gasteiger partial charge in [0.15, 0.2) is 11.6 Å². The molecule has 0 spiro atoms. The van der Waals surface area contributed by atoms with Crippen LogP contribution in [0, 0.1) is 20.8 Å². The van der Waals surface area contributed by atoms with Gasteiger partial charge in [-0.05, 0) is 69.6 Å². The number of hydrogen-bond donors (Lipinski definition) is 1. The van der Waals surface area contributed by atoms with Gasteiger partial charge in [0.25, 0.3) is 0 Å². The number of unbranched alkanes of at least 4 members (excludes halogenated alkanes) is 1. The third kappa shape index (κ3) is 4.83. The van der Waals surface area contributed by atoms with Crippen LogP contribution < -0.4 is 10.2 Å². The van der Waals surface area contributed by atoms with Gasteiger partial charge in [0, 0.05) is 30.1 Å². The first-order chi connectivity index (χ1) is 13.1. The van der Waals surface area contributed by atoms with Crippen LogP contribution in [0.4, 0.5) is 23.1 Å². The maximum Gasteiger partial charge on any atom is 0.190 e. The maximum atomic E-state index is 4.91. The molecule has 0 atom stereocenters. The molecule has 3 heterocycles. The van der Waals surface area contributed by atoms with Gasteiger partial charge in [-0.15, -0.1) is 10.2 Å². The van der Waals surface area contributed by atoms with Crippen LogP contribution in [-0.2, 0) is 0 Å². The van der Waals surface area contributed by atoms with Gasteiger partial charge in [-0.2, -0.15) is 4.37 Å². The van der Waals surface area contributed by atoms with Crippen molar-refractivity contribution < 1.29 is 0 Å². The highest BCUT2D eigenvalue weighted by atomic mass is 32.1. The molecule has 1 N–H and O–H groups in total. The van der Waals surface area contributed by atoms with Crippen LogP contribution in [0.5, 0.6) is 0 Å². The number of rotatable bonds is 7. The lowest BCUT2D eigenvalue weighted by molar-refractivity contribution is 0.573. The predicted octanol–water partition coefficient (Wildman–Crippen LogP) is 6.08. The molecule has 3 rings (SSSR count). The molecule has 6 nitrogen and oxygen atoms in total. The summed E-state index contributed by atoms with van der Waals surface area (Å²) in [5, 5.41) is 12.4. The summed E-state index contributed by atoms with van der Waals surface area (Å²) >= 11 is 1.47. The van der Waals surface area contributed by atoms with Crippen LogP contribution in [-0.4, -0.2) is 29.0 Å². The zero-order valence-corrected chi connectivity index (χ0v) is 17.7. The Kier molecular flexibility index (Phi) is 6.77. The number of aryl methyl sites for hydroxylation is 2. The number of pyridine rings is 1. The summed E-state index contributed by atoms with van der Waals surface area (Å²) in [6.07, 6.45) is 6.05. The van der Waals surface area contributed by atoms with E-state index in [9.17, 15) is 0 Å². The van der Waals surface area contributed by atoms with Gasteiger partial charge < -0.3 is 10.2 Å². The third-order valence-corrected chi connectivity index (χ3v) is 5.89. The van der Waals surface area contributed by atoms with Gasteiger partial charge in [0.2, 0.25) is 0 Å². The third-order valence-electron chi connectivity index (χ3n) is 5.05. The Morgan fingerprint density at radius 2 is 1.93 bits per heavy atom. The van der Waals surface area contributed by atoms with Gasteiger partial charge in [0.1, 0.15) is 11.5 Å². The zero-order chi connectivity index (χ0) is 19.2. The largest absolute Gasteiger partial charge is 0.368 e. The van der Waals surface area contributed by atoms with E-state index >= 15 is 0 Å². The van der Waals surface area contributed by atoms with Gasteiger partial charge in [-0.25, -0.2) is 4.98 Å². The lowest BCUT2D eigenvalue weighted by Crippen LogP contribution is -2.30. The zero-order valence-electron chi connectivity index (χ0n) is 16.9. The molecule has 0 bridgehead atoms. The van der Waals surface area contributed by atoms with E-state index < -0.39 is 0 Å². The number of azo groups is 1. The normalized spacial score (nSPS) is 14.9. The number of piperidine rings is 1. The Morgan fingerprint density at radius 1 is 1.15 bits per heavy atom. The average Bonchev–Trinajstić information content (AvgIpc) is 3.00. The molecule has 2 aromatic heterocycles. The van der Waals surface area contributed by atoms with Crippen molar-refractivity contribution in [3.05, 3.63) is 22.1 Å². The van der Waals surface area contributed by atoms with Crippen molar-refractivity contribution in [3.63, 3.8) is 0 Å². The number of hydrogen-bond acceptors (Lipinski definition) is 7. The first-order valence-corrected chi connectivity index (χ1v) is 10.7. The van der Waals surface area contributed by atoms with Crippen molar-refractivity contribution in [3.8, 4) is 0 Å². The first-order valence-electron chi connectivity index (χ1n) is 9.95. The predicted molar refractivity (Wildman–Crippen MR) is 114 cm³/mol. The Labute approximate surface area is 166 Å². The minimum atomic E-state index is 0.705. The molecule has 27 heavy (non-hydrogen) atoms. The molecule has 146 valence electrons. The smallest absolute Gasteiger partial charge is 0.190 e. The fraction of sp³-hybridized carbons (Fsp3) is 0.600. The van der Waals surface area contributed by atoms with Crippen molar-refractivity contribution in [2.45, 2.75) is 59.8 Å². The molecule has 1 saturated heterocycles. The van der Waals surface area contributed by atoms with Crippen molar-refractivity contribution in [1.29, 1.82) is 0 Å². The van der Waals surface area contributed by atoms with E-state index in [0.29, 0.717) is 5.82 Å². The number of nitrogens with one attached hydrogen (secondary N) is 1. The molecule has 0 aliphatic carbocycles. The van der Waals surface area contributed by atoms with Crippen LogP contribution in [0.1, 0.15) is 55.0 Å². The molecule has 0 unspecified atom stereocenters. The lowest BCUT2D eigenvalue weighted by Gasteiger charge is -2.28. The topological polar surface area (TPSA) is 65.8 Å². The van der Waals surface area contributed by atoms with Crippen LogP contribution >= 0.6 is 11.5 Å². The minimum Gasteiger partial charge on any atom is -0.368 e. The fourth-order valence-corrected chi connectivity index (χ4v) is 3.79. The summed E-state index contributed by atoms with van der Waals surface area (Å²) in [5.41, 5.74) is 3.01. The second kappa shape index (κ2) is 9.26. The highest BCUT2D eigenvalue weighted by molar-refractivity contribution is 7.06. The minimum absolute atomic E-state index is 0.705. The average molecular weight is 387 g/mol. The van der Waals surface area contributed by atoms with E-state index in [2.05, 4.69) is 51.7 Å². The second-order valence-electron chi connectivity index (χ2n) is 7.21. The molecule has 1 aliphatic heterocycles. The molecular formula is C20H30N6S. The highest BCUT2D eigenvalue weighted by Crippen LogP contribution is 2.34. The summed E-state index contributed by atoms with van der Waals surface area (Å²) in [6.45, 7) is 11.4. The molecule has 7 heteroatoms. The van der Waals surface area contributed by atoms with E-state index in [0.717, 1.165) is 60.9 Å². The Morgan fingerprint density at radius 3 is 2.59 bits per heavy atom. The van der Waals surface area contributed by atoms with Gasteiger partial charge >= 0.3 is 0 Å². The van der Waals surface area contributed by atoms with Gasteiger partial charge in [-0.1, -0.05) is 13.3 Å². The van der Waals surface area contributed by atoms with Crippen LogP contribution in [0.15, 0.2) is 16.3 Å². The first kappa shape index (κ1) is 19.7. The fourth-order valence-electron chi connectivity index (χ4n) is 3.16. The number of aromatic nitrogens is 2. The van der Waals surface area contributed by atoms with E-state index in [-0.39, 0.29) is 0 Å².